The Balaban J connectivity index is 1.36. The van der Waals surface area contributed by atoms with E-state index >= 15 is 0 Å². The number of nitrogens with zero attached hydrogens (tertiary/aromatic N) is 2. The molecule has 1 aliphatic rings. The number of hydrogen-bond donors (Lipinski definition) is 1. The standard InChI is InChI=1S/C29H30ClN3O4/c1-4-36-27-14-21(10-12-26(27)37-18-22-7-5-6-8-25(22)30)16-31-32-29(35)23-15-28(34)33(17-23)24-11-9-19(2)20(3)13-24/h5-14,16,23H,4,15,17-18H2,1-3H3,(H,32,35)/b31-16-/t23-/m1/s1. The van der Waals surface area contributed by atoms with E-state index in [0.717, 1.165) is 27.9 Å². The largest absolute Gasteiger partial charge is 0.490 e. The molecule has 1 heterocycles. The summed E-state index contributed by atoms with van der Waals surface area (Å²) < 4.78 is 11.7. The van der Waals surface area contributed by atoms with Gasteiger partial charge in [0.25, 0.3) is 0 Å². The number of halogens is 1. The third kappa shape index (κ3) is 6.49. The Bertz CT molecular complexity index is 1320. The molecule has 0 aromatic heterocycles. The van der Waals surface area contributed by atoms with E-state index < -0.39 is 5.92 Å². The van der Waals surface area contributed by atoms with Crippen molar-refractivity contribution in [1.82, 2.24) is 5.43 Å². The molecule has 0 aliphatic carbocycles. The van der Waals surface area contributed by atoms with Crippen LogP contribution in [-0.2, 0) is 16.2 Å². The molecule has 3 aromatic carbocycles. The van der Waals surface area contributed by atoms with Gasteiger partial charge >= 0.3 is 0 Å². The Hall–Kier alpha value is -3.84. The zero-order chi connectivity index (χ0) is 26.4. The van der Waals surface area contributed by atoms with Gasteiger partial charge in [-0.2, -0.15) is 5.10 Å². The highest BCUT2D eigenvalue weighted by molar-refractivity contribution is 6.31. The van der Waals surface area contributed by atoms with Crippen LogP contribution in [0.4, 0.5) is 5.69 Å². The fraction of sp³-hybridized carbons (Fsp3) is 0.276. The van der Waals surface area contributed by atoms with E-state index in [2.05, 4.69) is 10.5 Å². The molecule has 1 aliphatic heterocycles. The molecule has 8 heteroatoms. The van der Waals surface area contributed by atoms with Crippen molar-refractivity contribution in [3.63, 3.8) is 0 Å². The second-order valence-electron chi connectivity index (χ2n) is 8.93. The topological polar surface area (TPSA) is 80.2 Å². The second kappa shape index (κ2) is 11.9. The molecule has 0 saturated carbocycles. The lowest BCUT2D eigenvalue weighted by atomic mass is 10.1. The van der Waals surface area contributed by atoms with E-state index in [9.17, 15) is 9.59 Å². The summed E-state index contributed by atoms with van der Waals surface area (Å²) in [5.74, 6) is 0.321. The minimum atomic E-state index is -0.467. The lowest BCUT2D eigenvalue weighted by Gasteiger charge is -2.17. The maximum atomic E-state index is 12.7. The highest BCUT2D eigenvalue weighted by atomic mass is 35.5. The first-order valence-electron chi connectivity index (χ1n) is 12.2. The van der Waals surface area contributed by atoms with Crippen LogP contribution in [0.25, 0.3) is 0 Å². The van der Waals surface area contributed by atoms with E-state index in [1.54, 1.807) is 17.0 Å². The lowest BCUT2D eigenvalue weighted by molar-refractivity contribution is -0.126. The molecule has 2 amide bonds. The number of benzene rings is 3. The number of rotatable bonds is 9. The molecule has 1 fully saturated rings. The Morgan fingerprint density at radius 1 is 1.08 bits per heavy atom. The van der Waals surface area contributed by atoms with Crippen molar-refractivity contribution in [3.8, 4) is 11.5 Å². The predicted octanol–water partition coefficient (Wildman–Crippen LogP) is 5.44. The molecule has 0 unspecified atom stereocenters. The van der Waals surface area contributed by atoms with E-state index in [1.807, 2.05) is 69.3 Å². The van der Waals surface area contributed by atoms with Crippen LogP contribution in [0.15, 0.2) is 65.8 Å². The molecule has 0 bridgehead atoms. The van der Waals surface area contributed by atoms with Crippen molar-refractivity contribution in [3.05, 3.63) is 87.9 Å². The molecule has 3 aromatic rings. The number of anilines is 1. The number of aryl methyl sites for hydroxylation is 2. The fourth-order valence-electron chi connectivity index (χ4n) is 4.05. The van der Waals surface area contributed by atoms with Crippen molar-refractivity contribution in [2.45, 2.75) is 33.8 Å². The molecule has 7 nitrogen and oxygen atoms in total. The van der Waals surface area contributed by atoms with Gasteiger partial charge in [-0.3, -0.25) is 9.59 Å². The molecule has 0 spiro atoms. The van der Waals surface area contributed by atoms with Gasteiger partial charge in [0.05, 0.1) is 18.7 Å². The van der Waals surface area contributed by atoms with Crippen molar-refractivity contribution in [2.24, 2.45) is 11.0 Å². The summed E-state index contributed by atoms with van der Waals surface area (Å²) >= 11 is 6.22. The van der Waals surface area contributed by atoms with Crippen LogP contribution in [0.5, 0.6) is 11.5 Å². The number of carbonyl (C=O) groups is 2. The van der Waals surface area contributed by atoms with Crippen molar-refractivity contribution < 1.29 is 19.1 Å². The van der Waals surface area contributed by atoms with Crippen LogP contribution in [-0.4, -0.2) is 31.2 Å². The number of ether oxygens (including phenoxy) is 2. The van der Waals surface area contributed by atoms with E-state index in [1.165, 1.54) is 6.21 Å². The average molecular weight is 520 g/mol. The minimum absolute atomic E-state index is 0.0684. The van der Waals surface area contributed by atoms with Crippen LogP contribution in [0.1, 0.15) is 35.6 Å². The Morgan fingerprint density at radius 3 is 2.65 bits per heavy atom. The molecule has 1 N–H and O–H groups in total. The Morgan fingerprint density at radius 2 is 1.89 bits per heavy atom. The number of hydrazone groups is 1. The summed E-state index contributed by atoms with van der Waals surface area (Å²) in [5.41, 5.74) is 7.25. The van der Waals surface area contributed by atoms with Crippen LogP contribution in [0.2, 0.25) is 5.02 Å². The number of hydrogen-bond acceptors (Lipinski definition) is 5. The Labute approximate surface area is 222 Å². The highest BCUT2D eigenvalue weighted by Gasteiger charge is 2.35. The summed E-state index contributed by atoms with van der Waals surface area (Å²) in [6, 6.07) is 18.8. The van der Waals surface area contributed by atoms with Gasteiger partial charge in [0, 0.05) is 29.2 Å². The first-order valence-corrected chi connectivity index (χ1v) is 12.6. The Kier molecular flexibility index (Phi) is 8.46. The van der Waals surface area contributed by atoms with Crippen LogP contribution >= 0.6 is 11.6 Å². The van der Waals surface area contributed by atoms with Gasteiger partial charge in [0.1, 0.15) is 6.61 Å². The van der Waals surface area contributed by atoms with Crippen LogP contribution in [0.3, 0.4) is 0 Å². The molecule has 1 atom stereocenters. The molecular weight excluding hydrogens is 490 g/mol. The zero-order valence-corrected chi connectivity index (χ0v) is 21.9. The molecular formula is C29H30ClN3O4. The number of nitrogens with one attached hydrogen (secondary N) is 1. The van der Waals surface area contributed by atoms with Gasteiger partial charge < -0.3 is 14.4 Å². The predicted molar refractivity (Wildman–Crippen MR) is 146 cm³/mol. The molecule has 1 saturated heterocycles. The summed E-state index contributed by atoms with van der Waals surface area (Å²) in [6.07, 6.45) is 1.69. The summed E-state index contributed by atoms with van der Waals surface area (Å²) in [5, 5.41) is 4.74. The lowest BCUT2D eigenvalue weighted by Crippen LogP contribution is -2.30. The quantitative estimate of drug-likeness (QED) is 0.301. The monoisotopic (exact) mass is 519 g/mol. The summed E-state index contributed by atoms with van der Waals surface area (Å²) in [7, 11) is 0. The van der Waals surface area contributed by atoms with Gasteiger partial charge in [-0.1, -0.05) is 35.9 Å². The maximum Gasteiger partial charge on any atom is 0.245 e. The first-order chi connectivity index (χ1) is 17.9. The highest BCUT2D eigenvalue weighted by Crippen LogP contribution is 2.30. The SMILES string of the molecule is CCOc1cc(/C=N\NC(=O)[C@@H]2CC(=O)N(c3ccc(C)c(C)c3)C2)ccc1OCc1ccccc1Cl. The van der Waals surface area contributed by atoms with Gasteiger partial charge in [0.15, 0.2) is 11.5 Å². The van der Waals surface area contributed by atoms with E-state index in [-0.39, 0.29) is 18.2 Å². The zero-order valence-electron chi connectivity index (χ0n) is 21.2. The van der Waals surface area contributed by atoms with E-state index in [4.69, 9.17) is 21.1 Å². The molecule has 37 heavy (non-hydrogen) atoms. The third-order valence-corrected chi connectivity index (χ3v) is 6.66. The van der Waals surface area contributed by atoms with Crippen molar-refractivity contribution in [1.29, 1.82) is 0 Å². The molecule has 4 rings (SSSR count). The number of carbonyl (C=O) groups excluding carboxylic acids is 2. The van der Waals surface area contributed by atoms with Gasteiger partial charge in [-0.15, -0.1) is 0 Å². The van der Waals surface area contributed by atoms with Gasteiger partial charge in [0.2, 0.25) is 11.8 Å². The van der Waals surface area contributed by atoms with Gasteiger partial charge in [-0.25, -0.2) is 5.43 Å². The summed E-state index contributed by atoms with van der Waals surface area (Å²) in [6.45, 7) is 7.03. The second-order valence-corrected chi connectivity index (χ2v) is 9.33. The maximum absolute atomic E-state index is 12.7. The van der Waals surface area contributed by atoms with Crippen LogP contribution < -0.4 is 19.8 Å². The minimum Gasteiger partial charge on any atom is -0.490 e. The number of amides is 2. The fourth-order valence-corrected chi connectivity index (χ4v) is 4.24. The first kappa shape index (κ1) is 26.2. The third-order valence-electron chi connectivity index (χ3n) is 6.29. The van der Waals surface area contributed by atoms with Crippen molar-refractivity contribution in [2.75, 3.05) is 18.1 Å². The average Bonchev–Trinajstić information content (AvgIpc) is 3.28. The molecule has 192 valence electrons. The normalized spacial score (nSPS) is 15.3. The van der Waals surface area contributed by atoms with Crippen LogP contribution in [0, 0.1) is 19.8 Å². The van der Waals surface area contributed by atoms with Gasteiger partial charge in [-0.05, 0) is 73.9 Å². The summed E-state index contributed by atoms with van der Waals surface area (Å²) in [4.78, 5) is 26.9. The molecule has 0 radical (unpaired) electrons. The smallest absolute Gasteiger partial charge is 0.245 e. The van der Waals surface area contributed by atoms with Crippen molar-refractivity contribution >= 4 is 35.3 Å². The van der Waals surface area contributed by atoms with E-state index in [0.29, 0.717) is 36.3 Å².